The van der Waals surface area contributed by atoms with Crippen molar-refractivity contribution in [1.82, 2.24) is 9.55 Å². The van der Waals surface area contributed by atoms with Crippen LogP contribution in [0.15, 0.2) is 53.6 Å². The van der Waals surface area contributed by atoms with E-state index >= 15 is 0 Å². The van der Waals surface area contributed by atoms with E-state index in [2.05, 4.69) is 9.98 Å². The minimum atomic E-state index is -2.97. The summed E-state index contributed by atoms with van der Waals surface area (Å²) in [6, 6.07) is 10.1. The van der Waals surface area contributed by atoms with Crippen LogP contribution in [0.4, 0.5) is 4.39 Å². The quantitative estimate of drug-likeness (QED) is 0.772. The molecule has 120 valence electrons. The van der Waals surface area contributed by atoms with Gasteiger partial charge in [-0.1, -0.05) is 23.7 Å². The fourth-order valence-electron chi connectivity index (χ4n) is 2.62. The molecule has 0 unspecified atom stereocenters. The Morgan fingerprint density at radius 3 is 2.96 bits per heavy atom. The minimum Gasteiger partial charge on any atom is -0.388 e. The summed E-state index contributed by atoms with van der Waals surface area (Å²) in [5.74, 6) is -1.23. The van der Waals surface area contributed by atoms with Gasteiger partial charge in [0.25, 0.3) is 0 Å². The number of aromatic nitrogens is 2. The van der Waals surface area contributed by atoms with E-state index in [0.29, 0.717) is 0 Å². The average molecular weight is 347 g/mol. The predicted molar refractivity (Wildman–Crippen MR) is 90.2 cm³/mol. The number of aliphatic hydroxyl groups is 1. The van der Waals surface area contributed by atoms with Crippen LogP contribution in [0.1, 0.15) is 29.5 Å². The van der Waals surface area contributed by atoms with E-state index in [9.17, 15) is 9.50 Å². The second-order valence-electron chi connectivity index (χ2n) is 5.06. The van der Waals surface area contributed by atoms with Gasteiger partial charge in [-0.2, -0.15) is 0 Å². The van der Waals surface area contributed by atoms with Crippen molar-refractivity contribution in [1.29, 1.82) is 0 Å². The van der Waals surface area contributed by atoms with E-state index < -0.39 is 30.9 Å². The molecule has 1 aliphatic rings. The molecule has 1 aromatic heterocycles. The normalized spacial score (nSPS) is 18.8. The standard InChI is InChI=1S/C18H13ClFN3O/c19-11-5-6-16-14(7-11)18(13-3-1-2-4-15(13)20)22-9-12-8-21-17(10-24)23(12)16/h1-8,24H,9-10H2/i8D,9D2,10D2. The van der Waals surface area contributed by atoms with E-state index in [0.717, 1.165) is 4.57 Å². The number of aliphatic imine (C=N–C) groups is 1. The molecule has 2 aromatic carbocycles. The van der Waals surface area contributed by atoms with Crippen LogP contribution in [0.5, 0.6) is 0 Å². The predicted octanol–water partition coefficient (Wildman–Crippen LogP) is 3.51. The smallest absolute Gasteiger partial charge is 0.139 e. The maximum absolute atomic E-state index is 14.6. The molecule has 0 saturated carbocycles. The van der Waals surface area contributed by atoms with Gasteiger partial charge in [0.1, 0.15) is 18.2 Å². The van der Waals surface area contributed by atoms with Gasteiger partial charge < -0.3 is 5.11 Å². The van der Waals surface area contributed by atoms with Gasteiger partial charge in [0.05, 0.1) is 36.6 Å². The Hall–Kier alpha value is -2.50. The second-order valence-corrected chi connectivity index (χ2v) is 5.49. The lowest BCUT2D eigenvalue weighted by Crippen LogP contribution is -2.10. The van der Waals surface area contributed by atoms with Gasteiger partial charge in [0, 0.05) is 16.1 Å². The summed E-state index contributed by atoms with van der Waals surface area (Å²) in [6.45, 7) is -5.54. The highest BCUT2D eigenvalue weighted by molar-refractivity contribution is 6.31. The lowest BCUT2D eigenvalue weighted by atomic mass is 10.00. The van der Waals surface area contributed by atoms with Crippen LogP contribution in [0.3, 0.4) is 0 Å². The van der Waals surface area contributed by atoms with Crippen molar-refractivity contribution >= 4 is 17.3 Å². The third-order valence-corrected chi connectivity index (χ3v) is 3.90. The summed E-state index contributed by atoms with van der Waals surface area (Å²) >= 11 is 6.13. The van der Waals surface area contributed by atoms with Crippen molar-refractivity contribution in [2.75, 3.05) is 0 Å². The molecule has 24 heavy (non-hydrogen) atoms. The van der Waals surface area contributed by atoms with Crippen LogP contribution in [0, 0.1) is 5.82 Å². The van der Waals surface area contributed by atoms with Crippen LogP contribution in [0.25, 0.3) is 5.69 Å². The Morgan fingerprint density at radius 2 is 2.17 bits per heavy atom. The molecule has 0 atom stereocenters. The van der Waals surface area contributed by atoms with Gasteiger partial charge in [-0.25, -0.2) is 9.37 Å². The Labute approximate surface area is 149 Å². The molecule has 0 aliphatic carbocycles. The Morgan fingerprint density at radius 1 is 1.33 bits per heavy atom. The van der Waals surface area contributed by atoms with E-state index in [1.165, 1.54) is 36.4 Å². The molecule has 0 spiro atoms. The van der Waals surface area contributed by atoms with Crippen LogP contribution in [-0.4, -0.2) is 20.4 Å². The average Bonchev–Trinajstić information content (AvgIpc) is 2.94. The number of fused-ring (bicyclic) bond motifs is 3. The SMILES string of the molecule is [2H]c1nc(C([2H])([2H])O)n2c1C([2H])([2H])N=C(c1ccccc1F)c1cc(Cl)ccc1-2. The van der Waals surface area contributed by atoms with Crippen molar-refractivity contribution in [3.63, 3.8) is 0 Å². The summed E-state index contributed by atoms with van der Waals surface area (Å²) in [5, 5.41) is 10.2. The fraction of sp³-hybridized carbons (Fsp3) is 0.111. The molecule has 1 aliphatic heterocycles. The molecular weight excluding hydrogens is 329 g/mol. The second kappa shape index (κ2) is 5.85. The van der Waals surface area contributed by atoms with Crippen LogP contribution < -0.4 is 0 Å². The van der Waals surface area contributed by atoms with E-state index in [-0.39, 0.29) is 33.2 Å². The number of imidazole rings is 1. The van der Waals surface area contributed by atoms with Crippen molar-refractivity contribution in [3.05, 3.63) is 82.1 Å². The lowest BCUT2D eigenvalue weighted by Gasteiger charge is -2.14. The third kappa shape index (κ3) is 2.33. The van der Waals surface area contributed by atoms with Gasteiger partial charge in [0.2, 0.25) is 0 Å². The summed E-state index contributed by atoms with van der Waals surface area (Å²) < 4.78 is 55.8. The molecule has 3 aromatic rings. The molecule has 0 amide bonds. The van der Waals surface area contributed by atoms with Gasteiger partial charge >= 0.3 is 0 Å². The van der Waals surface area contributed by atoms with Gasteiger partial charge in [0.15, 0.2) is 0 Å². The molecule has 0 fully saturated rings. The molecule has 0 radical (unpaired) electrons. The first-order valence-corrected chi connectivity index (χ1v) is 7.36. The van der Waals surface area contributed by atoms with Gasteiger partial charge in [-0.15, -0.1) is 0 Å². The van der Waals surface area contributed by atoms with Crippen molar-refractivity contribution in [2.45, 2.75) is 13.1 Å². The minimum absolute atomic E-state index is 0.0127. The molecule has 4 nitrogen and oxygen atoms in total. The molecule has 0 saturated heterocycles. The Bertz CT molecular complexity index is 1170. The zero-order chi connectivity index (χ0) is 21.1. The Balaban J connectivity index is 2.16. The number of halogens is 2. The number of benzene rings is 2. The zero-order valence-corrected chi connectivity index (χ0v) is 12.8. The number of hydrogen-bond acceptors (Lipinski definition) is 3. The van der Waals surface area contributed by atoms with Gasteiger partial charge in [-0.3, -0.25) is 9.56 Å². The lowest BCUT2D eigenvalue weighted by molar-refractivity contribution is 0.269. The van der Waals surface area contributed by atoms with Gasteiger partial charge in [-0.05, 0) is 30.3 Å². The van der Waals surface area contributed by atoms with E-state index in [4.69, 9.17) is 18.5 Å². The first kappa shape index (κ1) is 10.4. The number of nitrogens with zero attached hydrogens (tertiary/aromatic N) is 3. The van der Waals surface area contributed by atoms with Crippen molar-refractivity contribution in [2.24, 2.45) is 4.99 Å². The Kier molecular flexibility index (Phi) is 2.53. The monoisotopic (exact) mass is 346 g/mol. The van der Waals surface area contributed by atoms with Crippen LogP contribution in [0.2, 0.25) is 5.02 Å². The summed E-state index contributed by atoms with van der Waals surface area (Å²) in [4.78, 5) is 7.81. The van der Waals surface area contributed by atoms with E-state index in [1.807, 2.05) is 0 Å². The first-order chi connectivity index (χ1) is 13.5. The first-order valence-electron chi connectivity index (χ1n) is 9.48. The molecule has 0 bridgehead atoms. The summed E-state index contributed by atoms with van der Waals surface area (Å²) in [7, 11) is 0. The van der Waals surface area contributed by atoms with Crippen LogP contribution in [-0.2, 0) is 13.1 Å². The highest BCUT2D eigenvalue weighted by Crippen LogP contribution is 2.29. The van der Waals surface area contributed by atoms with Crippen molar-refractivity contribution in [3.8, 4) is 5.69 Å². The summed E-state index contributed by atoms with van der Waals surface area (Å²) in [6.07, 6.45) is -0.595. The molecule has 4 rings (SSSR count). The van der Waals surface area contributed by atoms with Crippen molar-refractivity contribution < 1.29 is 16.4 Å². The number of rotatable bonds is 2. The zero-order valence-electron chi connectivity index (χ0n) is 17.1. The fourth-order valence-corrected chi connectivity index (χ4v) is 2.79. The third-order valence-electron chi connectivity index (χ3n) is 3.66. The molecule has 1 N–H and O–H groups in total. The molecule has 6 heteroatoms. The topological polar surface area (TPSA) is 50.4 Å². The highest BCUT2D eigenvalue weighted by atomic mass is 35.5. The summed E-state index contributed by atoms with van der Waals surface area (Å²) in [5.41, 5.74) is -0.0722. The van der Waals surface area contributed by atoms with E-state index in [1.54, 1.807) is 6.07 Å². The largest absolute Gasteiger partial charge is 0.388 e. The molecule has 2 heterocycles. The number of hydrogen-bond donors (Lipinski definition) is 1. The maximum Gasteiger partial charge on any atom is 0.139 e. The highest BCUT2D eigenvalue weighted by Gasteiger charge is 2.23. The molecular formula is C18H13ClFN3O. The van der Waals surface area contributed by atoms with Crippen LogP contribution >= 0.6 is 11.6 Å². The maximum atomic E-state index is 14.6.